The van der Waals surface area contributed by atoms with Crippen molar-refractivity contribution < 1.29 is 5.11 Å². The third-order valence-electron chi connectivity index (χ3n) is 3.72. The van der Waals surface area contributed by atoms with E-state index in [4.69, 9.17) is 0 Å². The second-order valence-electron chi connectivity index (χ2n) is 4.93. The second kappa shape index (κ2) is 6.44. The van der Waals surface area contributed by atoms with Gasteiger partial charge in [-0.3, -0.25) is 0 Å². The van der Waals surface area contributed by atoms with E-state index in [1.165, 1.54) is 44.9 Å². The lowest BCUT2D eigenvalue weighted by molar-refractivity contribution is 0.0950. The Bertz CT molecular complexity index is 144. The van der Waals surface area contributed by atoms with Crippen molar-refractivity contribution in [3.8, 4) is 0 Å². The summed E-state index contributed by atoms with van der Waals surface area (Å²) in [4.78, 5) is 0. The zero-order chi connectivity index (χ0) is 10.4. The number of rotatable bonds is 4. The molecule has 1 rings (SSSR count). The average Bonchev–Trinajstić information content (AvgIpc) is 2.34. The zero-order valence-electron chi connectivity index (χ0n) is 9.84. The number of hydrogen-bond acceptors (Lipinski definition) is 1. The molecule has 1 saturated carbocycles. The Labute approximate surface area is 88.9 Å². The molecule has 0 aromatic rings. The van der Waals surface area contributed by atoms with Gasteiger partial charge in [-0.1, -0.05) is 39.5 Å². The Morgan fingerprint density at radius 3 is 2.21 bits per heavy atom. The fraction of sp³-hybridized carbons (Fsp3) is 1.00. The van der Waals surface area contributed by atoms with Gasteiger partial charge in [-0.15, -0.1) is 0 Å². The first kappa shape index (κ1) is 12.0. The van der Waals surface area contributed by atoms with E-state index in [0.717, 1.165) is 12.3 Å². The van der Waals surface area contributed by atoms with Crippen molar-refractivity contribution in [2.75, 3.05) is 0 Å². The molecule has 1 aliphatic rings. The predicted molar refractivity (Wildman–Crippen MR) is 61.3 cm³/mol. The summed E-state index contributed by atoms with van der Waals surface area (Å²) in [5, 5.41) is 9.97. The summed E-state index contributed by atoms with van der Waals surface area (Å²) in [5.41, 5.74) is 0. The monoisotopic (exact) mass is 198 g/mol. The fourth-order valence-electron chi connectivity index (χ4n) is 2.83. The molecule has 0 bridgehead atoms. The minimum Gasteiger partial charge on any atom is -0.393 e. The molecule has 0 spiro atoms. The lowest BCUT2D eigenvalue weighted by atomic mass is 9.92. The van der Waals surface area contributed by atoms with Crippen LogP contribution in [0.1, 0.15) is 65.2 Å². The molecule has 3 atom stereocenters. The third-order valence-corrected chi connectivity index (χ3v) is 3.72. The molecular weight excluding hydrogens is 172 g/mol. The van der Waals surface area contributed by atoms with Crippen LogP contribution < -0.4 is 0 Å². The van der Waals surface area contributed by atoms with Gasteiger partial charge in [-0.25, -0.2) is 0 Å². The summed E-state index contributed by atoms with van der Waals surface area (Å²) >= 11 is 0. The Kier molecular flexibility index (Phi) is 5.54. The van der Waals surface area contributed by atoms with Crippen molar-refractivity contribution in [1.82, 2.24) is 0 Å². The van der Waals surface area contributed by atoms with Crippen LogP contribution in [0.4, 0.5) is 0 Å². The highest BCUT2D eigenvalue weighted by Gasteiger charge is 2.24. The predicted octanol–water partition coefficient (Wildman–Crippen LogP) is 3.75. The molecule has 84 valence electrons. The summed E-state index contributed by atoms with van der Waals surface area (Å²) in [6, 6.07) is 0. The van der Waals surface area contributed by atoms with Crippen molar-refractivity contribution in [1.29, 1.82) is 0 Å². The van der Waals surface area contributed by atoms with Crippen LogP contribution in [0.15, 0.2) is 0 Å². The van der Waals surface area contributed by atoms with Gasteiger partial charge in [-0.2, -0.15) is 0 Å². The molecule has 1 N–H and O–H groups in total. The second-order valence-corrected chi connectivity index (χ2v) is 4.93. The first-order valence-corrected chi connectivity index (χ1v) is 6.46. The van der Waals surface area contributed by atoms with E-state index < -0.39 is 0 Å². The van der Waals surface area contributed by atoms with Gasteiger partial charge in [0.2, 0.25) is 0 Å². The Morgan fingerprint density at radius 2 is 1.57 bits per heavy atom. The molecule has 0 radical (unpaired) electrons. The molecule has 1 aliphatic carbocycles. The first-order valence-electron chi connectivity index (χ1n) is 6.46. The molecular formula is C13H26O. The number of aliphatic hydroxyl groups is 1. The topological polar surface area (TPSA) is 20.2 Å². The fourth-order valence-corrected chi connectivity index (χ4v) is 2.83. The van der Waals surface area contributed by atoms with E-state index in [0.29, 0.717) is 5.92 Å². The van der Waals surface area contributed by atoms with Crippen molar-refractivity contribution in [2.24, 2.45) is 11.8 Å². The van der Waals surface area contributed by atoms with Gasteiger partial charge in [0.1, 0.15) is 0 Å². The average molecular weight is 198 g/mol. The van der Waals surface area contributed by atoms with Crippen molar-refractivity contribution >= 4 is 0 Å². The van der Waals surface area contributed by atoms with Crippen molar-refractivity contribution in [3.05, 3.63) is 0 Å². The normalized spacial score (nSPS) is 34.1. The SMILES string of the molecule is CCCC1CCC(O)C(CCC)CC1. The van der Waals surface area contributed by atoms with E-state index in [9.17, 15) is 5.11 Å². The van der Waals surface area contributed by atoms with Gasteiger partial charge in [-0.05, 0) is 37.5 Å². The van der Waals surface area contributed by atoms with Gasteiger partial charge in [0.05, 0.1) is 6.10 Å². The van der Waals surface area contributed by atoms with Gasteiger partial charge in [0.15, 0.2) is 0 Å². The maximum atomic E-state index is 9.97. The molecule has 3 unspecified atom stereocenters. The van der Waals surface area contributed by atoms with Crippen LogP contribution >= 0.6 is 0 Å². The van der Waals surface area contributed by atoms with Crippen LogP contribution in [0, 0.1) is 11.8 Å². The zero-order valence-corrected chi connectivity index (χ0v) is 9.84. The Balaban J connectivity index is 2.36. The Morgan fingerprint density at radius 1 is 0.929 bits per heavy atom. The molecule has 0 aromatic carbocycles. The van der Waals surface area contributed by atoms with Crippen LogP contribution in [-0.4, -0.2) is 11.2 Å². The van der Waals surface area contributed by atoms with E-state index in [-0.39, 0.29) is 6.10 Å². The lowest BCUT2D eigenvalue weighted by Gasteiger charge is -2.18. The highest BCUT2D eigenvalue weighted by molar-refractivity contribution is 4.76. The largest absolute Gasteiger partial charge is 0.393 e. The van der Waals surface area contributed by atoms with Crippen LogP contribution in [0.25, 0.3) is 0 Å². The number of aliphatic hydroxyl groups excluding tert-OH is 1. The molecule has 1 fully saturated rings. The highest BCUT2D eigenvalue weighted by Crippen LogP contribution is 2.32. The highest BCUT2D eigenvalue weighted by atomic mass is 16.3. The molecule has 1 nitrogen and oxygen atoms in total. The summed E-state index contributed by atoms with van der Waals surface area (Å²) in [5.74, 6) is 1.50. The summed E-state index contributed by atoms with van der Waals surface area (Å²) in [6.45, 7) is 4.49. The molecule has 0 heterocycles. The van der Waals surface area contributed by atoms with Crippen molar-refractivity contribution in [2.45, 2.75) is 71.3 Å². The van der Waals surface area contributed by atoms with Gasteiger partial charge < -0.3 is 5.11 Å². The smallest absolute Gasteiger partial charge is 0.0568 e. The molecule has 0 aliphatic heterocycles. The molecule has 1 heteroatoms. The summed E-state index contributed by atoms with van der Waals surface area (Å²) < 4.78 is 0. The van der Waals surface area contributed by atoms with Crippen LogP contribution in [0.2, 0.25) is 0 Å². The van der Waals surface area contributed by atoms with E-state index in [2.05, 4.69) is 13.8 Å². The van der Waals surface area contributed by atoms with E-state index in [1.807, 2.05) is 0 Å². The minimum atomic E-state index is -0.00296. The van der Waals surface area contributed by atoms with E-state index in [1.54, 1.807) is 0 Å². The van der Waals surface area contributed by atoms with Crippen LogP contribution in [-0.2, 0) is 0 Å². The maximum Gasteiger partial charge on any atom is 0.0568 e. The van der Waals surface area contributed by atoms with Crippen molar-refractivity contribution in [3.63, 3.8) is 0 Å². The minimum absolute atomic E-state index is 0.00296. The number of hydrogen-bond donors (Lipinski definition) is 1. The molecule has 0 amide bonds. The molecule has 0 saturated heterocycles. The maximum absolute atomic E-state index is 9.97. The summed E-state index contributed by atoms with van der Waals surface area (Å²) in [6.07, 6.45) is 10.0. The quantitative estimate of drug-likeness (QED) is 0.682. The first-order chi connectivity index (χ1) is 6.77. The van der Waals surface area contributed by atoms with Gasteiger partial charge >= 0.3 is 0 Å². The standard InChI is InChI=1S/C13H26O/c1-3-5-11-7-9-12(6-4-2)13(14)10-8-11/h11-14H,3-10H2,1-2H3. The molecule has 0 aromatic heterocycles. The van der Waals surface area contributed by atoms with Crippen LogP contribution in [0.5, 0.6) is 0 Å². The lowest BCUT2D eigenvalue weighted by Crippen LogP contribution is -2.18. The van der Waals surface area contributed by atoms with Gasteiger partial charge in [0.25, 0.3) is 0 Å². The Hall–Kier alpha value is -0.0400. The van der Waals surface area contributed by atoms with Crippen LogP contribution in [0.3, 0.4) is 0 Å². The molecule has 14 heavy (non-hydrogen) atoms. The van der Waals surface area contributed by atoms with E-state index >= 15 is 0 Å². The van der Waals surface area contributed by atoms with Gasteiger partial charge in [0, 0.05) is 0 Å². The third kappa shape index (κ3) is 3.61. The summed E-state index contributed by atoms with van der Waals surface area (Å²) in [7, 11) is 0.